The van der Waals surface area contributed by atoms with Gasteiger partial charge in [0.15, 0.2) is 0 Å². The molecule has 2 unspecified atom stereocenters. The standard InChI is InChI=1S/C25H26N2O4S/c1-18-8-6-7-11-23(18)26-32(29,30)22-14-12-21(13-15-22)25(28)27-16-19(2)31-24(17-27)20-9-4-3-5-10-20/h3-15,19,24,26H,16-17H2,1-2H3. The van der Waals surface area contributed by atoms with Gasteiger partial charge in [-0.15, -0.1) is 0 Å². The highest BCUT2D eigenvalue weighted by Crippen LogP contribution is 2.26. The summed E-state index contributed by atoms with van der Waals surface area (Å²) in [4.78, 5) is 15.0. The number of nitrogens with zero attached hydrogens (tertiary/aromatic N) is 1. The molecule has 1 N–H and O–H groups in total. The fourth-order valence-corrected chi connectivity index (χ4v) is 4.95. The number of rotatable bonds is 5. The third-order valence-electron chi connectivity index (χ3n) is 5.52. The Balaban J connectivity index is 1.49. The molecule has 0 bridgehead atoms. The van der Waals surface area contributed by atoms with Crippen LogP contribution < -0.4 is 4.72 Å². The van der Waals surface area contributed by atoms with Crippen LogP contribution in [-0.4, -0.2) is 38.4 Å². The topological polar surface area (TPSA) is 75.7 Å². The number of para-hydroxylation sites is 1. The van der Waals surface area contributed by atoms with Crippen LogP contribution in [0.15, 0.2) is 83.8 Å². The maximum atomic E-state index is 13.1. The van der Waals surface area contributed by atoms with Crippen molar-refractivity contribution in [2.45, 2.75) is 31.0 Å². The molecule has 2 atom stereocenters. The molecule has 32 heavy (non-hydrogen) atoms. The van der Waals surface area contributed by atoms with Crippen LogP contribution in [0.4, 0.5) is 5.69 Å². The Labute approximate surface area is 188 Å². The smallest absolute Gasteiger partial charge is 0.261 e. The number of hydrogen-bond donors (Lipinski definition) is 1. The molecule has 7 heteroatoms. The van der Waals surface area contributed by atoms with Gasteiger partial charge >= 0.3 is 0 Å². The summed E-state index contributed by atoms with van der Waals surface area (Å²) in [6.45, 7) is 4.72. The molecule has 0 radical (unpaired) electrons. The molecule has 0 aliphatic carbocycles. The Kier molecular flexibility index (Phi) is 6.30. The molecule has 0 saturated carbocycles. The fourth-order valence-electron chi connectivity index (χ4n) is 3.82. The van der Waals surface area contributed by atoms with Gasteiger partial charge in [0.25, 0.3) is 15.9 Å². The van der Waals surface area contributed by atoms with Gasteiger partial charge in [-0.1, -0.05) is 48.5 Å². The average molecular weight is 451 g/mol. The van der Waals surface area contributed by atoms with Crippen LogP contribution in [0.1, 0.15) is 34.5 Å². The third-order valence-corrected chi connectivity index (χ3v) is 6.90. The van der Waals surface area contributed by atoms with E-state index in [2.05, 4.69) is 4.72 Å². The Morgan fingerprint density at radius 2 is 1.59 bits per heavy atom. The van der Waals surface area contributed by atoms with Crippen molar-refractivity contribution in [3.63, 3.8) is 0 Å². The molecule has 0 aromatic heterocycles. The van der Waals surface area contributed by atoms with E-state index < -0.39 is 10.0 Å². The highest BCUT2D eigenvalue weighted by Gasteiger charge is 2.30. The van der Waals surface area contributed by atoms with E-state index in [1.165, 1.54) is 12.1 Å². The maximum Gasteiger partial charge on any atom is 0.261 e. The van der Waals surface area contributed by atoms with Crippen LogP contribution in [0.25, 0.3) is 0 Å². The number of ether oxygens (including phenoxy) is 1. The van der Waals surface area contributed by atoms with Gasteiger partial charge in [0.05, 0.1) is 23.2 Å². The van der Waals surface area contributed by atoms with Gasteiger partial charge in [-0.25, -0.2) is 8.42 Å². The van der Waals surface area contributed by atoms with Crippen LogP contribution in [-0.2, 0) is 14.8 Å². The second-order valence-corrected chi connectivity index (χ2v) is 9.68. The summed E-state index contributed by atoms with van der Waals surface area (Å²) in [5, 5.41) is 0. The molecule has 3 aromatic carbocycles. The van der Waals surface area contributed by atoms with Crippen LogP contribution >= 0.6 is 0 Å². The van der Waals surface area contributed by atoms with Crippen molar-refractivity contribution in [3.05, 3.63) is 95.6 Å². The molecule has 0 spiro atoms. The number of amides is 1. The van der Waals surface area contributed by atoms with Crippen LogP contribution in [0.2, 0.25) is 0 Å². The minimum Gasteiger partial charge on any atom is -0.367 e. The van der Waals surface area contributed by atoms with Crippen molar-refractivity contribution in [1.82, 2.24) is 4.90 Å². The molecule has 1 amide bonds. The van der Waals surface area contributed by atoms with Crippen molar-refractivity contribution in [2.24, 2.45) is 0 Å². The monoisotopic (exact) mass is 450 g/mol. The lowest BCUT2D eigenvalue weighted by molar-refractivity contribution is -0.0691. The Morgan fingerprint density at radius 1 is 0.938 bits per heavy atom. The first-order valence-corrected chi connectivity index (χ1v) is 12.0. The van der Waals surface area contributed by atoms with Crippen LogP contribution in [0.5, 0.6) is 0 Å². The van der Waals surface area contributed by atoms with Crippen molar-refractivity contribution >= 4 is 21.6 Å². The van der Waals surface area contributed by atoms with Gasteiger partial charge in [-0.05, 0) is 55.3 Å². The van der Waals surface area contributed by atoms with Crippen LogP contribution in [0, 0.1) is 6.92 Å². The number of aryl methyl sites for hydroxylation is 1. The van der Waals surface area contributed by atoms with E-state index >= 15 is 0 Å². The second-order valence-electron chi connectivity index (χ2n) is 8.00. The van der Waals surface area contributed by atoms with E-state index in [4.69, 9.17) is 4.74 Å². The SMILES string of the molecule is Cc1ccccc1NS(=O)(=O)c1ccc(C(=O)N2CC(C)OC(c3ccccc3)C2)cc1. The molecule has 166 valence electrons. The molecule has 3 aromatic rings. The molecular formula is C25H26N2O4S. The summed E-state index contributed by atoms with van der Waals surface area (Å²) in [6.07, 6.45) is -0.294. The largest absolute Gasteiger partial charge is 0.367 e. The first kappa shape index (κ1) is 22.0. The predicted molar refractivity (Wildman–Crippen MR) is 124 cm³/mol. The summed E-state index contributed by atoms with van der Waals surface area (Å²) in [6, 6.07) is 23.1. The Morgan fingerprint density at radius 3 is 2.28 bits per heavy atom. The second kappa shape index (κ2) is 9.14. The van der Waals surface area contributed by atoms with Gasteiger partial charge < -0.3 is 9.64 Å². The van der Waals surface area contributed by atoms with E-state index in [9.17, 15) is 13.2 Å². The highest BCUT2D eigenvalue weighted by molar-refractivity contribution is 7.92. The number of benzene rings is 3. The quantitative estimate of drug-likeness (QED) is 0.625. The van der Waals surface area contributed by atoms with Crippen molar-refractivity contribution in [3.8, 4) is 0 Å². The molecule has 1 saturated heterocycles. The lowest BCUT2D eigenvalue weighted by Gasteiger charge is -2.37. The predicted octanol–water partition coefficient (Wildman–Crippen LogP) is 4.40. The van der Waals surface area contributed by atoms with E-state index in [0.29, 0.717) is 24.3 Å². The highest BCUT2D eigenvalue weighted by atomic mass is 32.2. The van der Waals surface area contributed by atoms with E-state index in [0.717, 1.165) is 11.1 Å². The molecular weight excluding hydrogens is 424 g/mol. The fraction of sp³-hybridized carbons (Fsp3) is 0.240. The minimum absolute atomic E-state index is 0.101. The number of nitrogens with one attached hydrogen (secondary N) is 1. The molecule has 1 aliphatic rings. The number of morpholine rings is 1. The zero-order valence-electron chi connectivity index (χ0n) is 18.1. The molecule has 6 nitrogen and oxygen atoms in total. The van der Waals surface area contributed by atoms with Gasteiger partial charge in [0.1, 0.15) is 6.10 Å². The zero-order chi connectivity index (χ0) is 22.7. The molecule has 4 rings (SSSR count). The summed E-state index contributed by atoms with van der Waals surface area (Å²) in [5.41, 5.74) is 2.83. The average Bonchev–Trinajstić information content (AvgIpc) is 2.80. The summed E-state index contributed by atoms with van der Waals surface area (Å²) < 4.78 is 34.2. The first-order valence-electron chi connectivity index (χ1n) is 10.5. The summed E-state index contributed by atoms with van der Waals surface area (Å²) >= 11 is 0. The maximum absolute atomic E-state index is 13.1. The van der Waals surface area contributed by atoms with E-state index in [-0.39, 0.29) is 23.0 Å². The molecule has 1 aliphatic heterocycles. The summed E-state index contributed by atoms with van der Waals surface area (Å²) in [7, 11) is -3.75. The first-order chi connectivity index (χ1) is 15.3. The summed E-state index contributed by atoms with van der Waals surface area (Å²) in [5.74, 6) is -0.142. The van der Waals surface area contributed by atoms with Gasteiger partial charge in [-0.3, -0.25) is 9.52 Å². The Hall–Kier alpha value is -3.16. The lowest BCUT2D eigenvalue weighted by atomic mass is 10.1. The Bertz CT molecular complexity index is 1190. The molecule has 1 heterocycles. The number of sulfonamides is 1. The number of anilines is 1. The van der Waals surface area contributed by atoms with Gasteiger partial charge in [0.2, 0.25) is 0 Å². The number of carbonyl (C=O) groups is 1. The lowest BCUT2D eigenvalue weighted by Crippen LogP contribution is -2.45. The zero-order valence-corrected chi connectivity index (χ0v) is 18.9. The minimum atomic E-state index is -3.75. The van der Waals surface area contributed by atoms with Gasteiger partial charge in [0, 0.05) is 12.1 Å². The van der Waals surface area contributed by atoms with Crippen LogP contribution in [0.3, 0.4) is 0 Å². The van der Waals surface area contributed by atoms with Crippen molar-refractivity contribution in [2.75, 3.05) is 17.8 Å². The normalized spacial score (nSPS) is 18.9. The molecule has 1 fully saturated rings. The van der Waals surface area contributed by atoms with Crippen molar-refractivity contribution in [1.29, 1.82) is 0 Å². The third kappa shape index (κ3) is 4.84. The number of carbonyl (C=O) groups excluding carboxylic acids is 1. The van der Waals surface area contributed by atoms with Gasteiger partial charge in [-0.2, -0.15) is 0 Å². The van der Waals surface area contributed by atoms with E-state index in [1.54, 1.807) is 29.2 Å². The number of hydrogen-bond acceptors (Lipinski definition) is 4. The van der Waals surface area contributed by atoms with Crippen molar-refractivity contribution < 1.29 is 17.9 Å². The van der Waals surface area contributed by atoms with E-state index in [1.807, 2.05) is 56.3 Å².